The number of aliphatic hydroxyl groups excluding tert-OH is 1. The molecule has 0 aliphatic carbocycles. The Labute approximate surface area is 172 Å². The van der Waals surface area contributed by atoms with Gasteiger partial charge in [0.05, 0.1) is 12.0 Å². The second-order valence-corrected chi connectivity index (χ2v) is 8.20. The van der Waals surface area contributed by atoms with E-state index in [-0.39, 0.29) is 16.7 Å². The summed E-state index contributed by atoms with van der Waals surface area (Å²) in [6, 6.07) is 6.30. The van der Waals surface area contributed by atoms with Gasteiger partial charge in [-0.05, 0) is 45.3 Å². The second kappa shape index (κ2) is 8.44. The van der Waals surface area contributed by atoms with E-state index in [2.05, 4.69) is 5.32 Å². The summed E-state index contributed by atoms with van der Waals surface area (Å²) in [6.45, 7) is 2.74. The number of hydrogen-bond donors (Lipinski definition) is 3. The molecule has 29 heavy (non-hydrogen) atoms. The van der Waals surface area contributed by atoms with Gasteiger partial charge in [0.2, 0.25) is 5.91 Å². The van der Waals surface area contributed by atoms with Crippen LogP contribution < -0.4 is 10.1 Å². The third kappa shape index (κ3) is 4.24. The number of rotatable bonds is 8. The van der Waals surface area contributed by atoms with E-state index >= 15 is 0 Å². The predicted octanol–water partition coefficient (Wildman–Crippen LogP) is 0.523. The SMILES string of the molecule is C[C@@H](O)[C@H]1C(=O)N2C(C(=O)O)=C(Oc3ccc(C(=O)NCCN(C)C)cc3)S[C@H]12. The summed E-state index contributed by atoms with van der Waals surface area (Å²) >= 11 is 1.09. The van der Waals surface area contributed by atoms with E-state index in [0.717, 1.165) is 23.2 Å². The van der Waals surface area contributed by atoms with Crippen LogP contribution >= 0.6 is 11.8 Å². The summed E-state index contributed by atoms with van der Waals surface area (Å²) in [6.07, 6.45) is -0.879. The first-order valence-electron chi connectivity index (χ1n) is 9.07. The number of carboxylic acid groups (broad SMARTS) is 1. The molecule has 1 fully saturated rings. The molecule has 1 aromatic carbocycles. The van der Waals surface area contributed by atoms with Crippen LogP contribution in [-0.4, -0.2) is 76.5 Å². The van der Waals surface area contributed by atoms with E-state index in [1.54, 1.807) is 24.3 Å². The van der Waals surface area contributed by atoms with E-state index in [1.807, 2.05) is 19.0 Å². The van der Waals surface area contributed by atoms with Crippen molar-refractivity contribution < 1.29 is 29.3 Å². The highest BCUT2D eigenvalue weighted by atomic mass is 32.2. The number of aliphatic carboxylic acids is 1. The first kappa shape index (κ1) is 21.2. The zero-order valence-corrected chi connectivity index (χ0v) is 17.1. The smallest absolute Gasteiger partial charge is 0.357 e. The molecule has 3 rings (SSSR count). The molecule has 0 bridgehead atoms. The van der Waals surface area contributed by atoms with Crippen molar-refractivity contribution in [3.63, 3.8) is 0 Å². The fourth-order valence-electron chi connectivity index (χ4n) is 3.10. The molecule has 10 heteroatoms. The number of carbonyl (C=O) groups excluding carboxylic acids is 2. The second-order valence-electron chi connectivity index (χ2n) is 7.11. The highest BCUT2D eigenvalue weighted by Crippen LogP contribution is 2.50. The minimum Gasteiger partial charge on any atom is -0.476 e. The van der Waals surface area contributed by atoms with Crippen LogP contribution in [-0.2, 0) is 9.59 Å². The van der Waals surface area contributed by atoms with E-state index in [4.69, 9.17) is 4.74 Å². The summed E-state index contributed by atoms with van der Waals surface area (Å²) in [5.74, 6) is -2.24. The zero-order valence-electron chi connectivity index (χ0n) is 16.3. The lowest BCUT2D eigenvalue weighted by atomic mass is 9.92. The van der Waals surface area contributed by atoms with Crippen molar-refractivity contribution in [2.45, 2.75) is 18.4 Å². The number of amides is 2. The highest BCUT2D eigenvalue weighted by molar-refractivity contribution is 8.03. The molecular formula is C19H23N3O6S. The number of ether oxygens (including phenoxy) is 1. The number of hydrogen-bond acceptors (Lipinski definition) is 7. The van der Waals surface area contributed by atoms with E-state index in [1.165, 1.54) is 6.92 Å². The molecule has 0 saturated carbocycles. The quantitative estimate of drug-likeness (QED) is 0.520. The molecule has 0 aromatic heterocycles. The lowest BCUT2D eigenvalue weighted by molar-refractivity contribution is -0.156. The third-order valence-corrected chi connectivity index (χ3v) is 5.88. The predicted molar refractivity (Wildman–Crippen MR) is 106 cm³/mol. The molecule has 1 saturated heterocycles. The molecule has 156 valence electrons. The van der Waals surface area contributed by atoms with Gasteiger partial charge in [0, 0.05) is 18.7 Å². The Balaban J connectivity index is 1.69. The van der Waals surface area contributed by atoms with Crippen molar-refractivity contribution >= 4 is 29.5 Å². The lowest BCUT2D eigenvalue weighted by Crippen LogP contribution is -2.60. The first-order chi connectivity index (χ1) is 13.7. The molecule has 2 amide bonds. The summed E-state index contributed by atoms with van der Waals surface area (Å²) in [4.78, 5) is 39.1. The molecule has 2 aliphatic rings. The topological polar surface area (TPSA) is 119 Å². The maximum atomic E-state index is 12.2. The molecule has 9 nitrogen and oxygen atoms in total. The largest absolute Gasteiger partial charge is 0.476 e. The number of likely N-dealkylation sites (N-methyl/N-ethyl adjacent to an activating group) is 1. The minimum atomic E-state index is -1.27. The monoisotopic (exact) mass is 421 g/mol. The summed E-state index contributed by atoms with van der Waals surface area (Å²) in [7, 11) is 3.83. The van der Waals surface area contributed by atoms with E-state index < -0.39 is 29.3 Å². The Morgan fingerprint density at radius 3 is 2.52 bits per heavy atom. The van der Waals surface area contributed by atoms with Gasteiger partial charge in [-0.3, -0.25) is 14.5 Å². The van der Waals surface area contributed by atoms with Gasteiger partial charge in [-0.2, -0.15) is 0 Å². The standard InChI is InChI=1S/C19H23N3O6S/c1-10(23)13-16(25)22-14(18(26)27)19(29-17(13)22)28-12-6-4-11(5-7-12)15(24)20-8-9-21(2)3/h4-7,10,13,17,23H,8-9H2,1-3H3,(H,20,24)(H,26,27)/t10-,13+,17-/m1/s1. The third-order valence-electron chi connectivity index (χ3n) is 4.64. The number of nitrogens with one attached hydrogen (secondary N) is 1. The van der Waals surface area contributed by atoms with Gasteiger partial charge in [0.15, 0.2) is 10.8 Å². The molecule has 2 aliphatic heterocycles. The summed E-state index contributed by atoms with van der Waals surface area (Å²) in [5, 5.41) is 21.7. The fraction of sp³-hybridized carbons (Fsp3) is 0.421. The van der Waals surface area contributed by atoms with Crippen LogP contribution in [0.5, 0.6) is 5.75 Å². The van der Waals surface area contributed by atoms with Crippen LogP contribution in [0.3, 0.4) is 0 Å². The average molecular weight is 421 g/mol. The van der Waals surface area contributed by atoms with E-state index in [0.29, 0.717) is 17.9 Å². The molecule has 2 heterocycles. The maximum Gasteiger partial charge on any atom is 0.357 e. The van der Waals surface area contributed by atoms with Crippen LogP contribution in [0.15, 0.2) is 35.1 Å². The Kier molecular flexibility index (Phi) is 6.15. The van der Waals surface area contributed by atoms with Crippen LogP contribution in [0.2, 0.25) is 0 Å². The van der Waals surface area contributed by atoms with Crippen LogP contribution in [0.25, 0.3) is 0 Å². The van der Waals surface area contributed by atoms with Crippen molar-refractivity contribution in [3.05, 3.63) is 40.6 Å². The van der Waals surface area contributed by atoms with Gasteiger partial charge >= 0.3 is 5.97 Å². The highest BCUT2D eigenvalue weighted by Gasteiger charge is 2.58. The molecule has 0 radical (unpaired) electrons. The molecule has 3 atom stereocenters. The number of nitrogens with zero attached hydrogens (tertiary/aromatic N) is 2. The number of thioether (sulfide) groups is 1. The molecule has 1 aromatic rings. The number of β-lactam (4-membered cyclic amide) rings is 1. The lowest BCUT2D eigenvalue weighted by Gasteiger charge is -2.43. The fourth-order valence-corrected chi connectivity index (χ4v) is 4.56. The zero-order chi connectivity index (χ0) is 21.3. The van der Waals surface area contributed by atoms with Crippen LogP contribution in [0, 0.1) is 5.92 Å². The van der Waals surface area contributed by atoms with Gasteiger partial charge in [-0.15, -0.1) is 0 Å². The summed E-state index contributed by atoms with van der Waals surface area (Å²) < 4.78 is 5.70. The molecule has 3 N–H and O–H groups in total. The molecule has 0 spiro atoms. The number of fused-ring (bicyclic) bond motifs is 1. The van der Waals surface area contributed by atoms with Gasteiger partial charge in [-0.1, -0.05) is 11.8 Å². The number of carboxylic acids is 1. The number of benzene rings is 1. The van der Waals surface area contributed by atoms with Crippen molar-refractivity contribution in [2.24, 2.45) is 5.92 Å². The van der Waals surface area contributed by atoms with Gasteiger partial charge < -0.3 is 25.2 Å². The summed E-state index contributed by atoms with van der Waals surface area (Å²) in [5.41, 5.74) is 0.225. The van der Waals surface area contributed by atoms with Crippen molar-refractivity contribution in [1.82, 2.24) is 15.1 Å². The van der Waals surface area contributed by atoms with Crippen molar-refractivity contribution in [3.8, 4) is 5.75 Å². The van der Waals surface area contributed by atoms with E-state index in [9.17, 15) is 24.6 Å². The van der Waals surface area contributed by atoms with Gasteiger partial charge in [-0.25, -0.2) is 4.79 Å². The van der Waals surface area contributed by atoms with Crippen LogP contribution in [0.1, 0.15) is 17.3 Å². The van der Waals surface area contributed by atoms with Crippen molar-refractivity contribution in [2.75, 3.05) is 27.2 Å². The Morgan fingerprint density at radius 2 is 1.97 bits per heavy atom. The van der Waals surface area contributed by atoms with Gasteiger partial charge in [0.25, 0.3) is 5.91 Å². The van der Waals surface area contributed by atoms with Crippen molar-refractivity contribution in [1.29, 1.82) is 0 Å². The molecular weight excluding hydrogens is 398 g/mol. The number of aliphatic hydroxyl groups is 1. The Hall–Kier alpha value is -2.56. The first-order valence-corrected chi connectivity index (χ1v) is 9.95. The van der Waals surface area contributed by atoms with Crippen LogP contribution in [0.4, 0.5) is 0 Å². The normalized spacial score (nSPS) is 21.7. The number of carbonyl (C=O) groups is 3. The maximum absolute atomic E-state index is 12.2. The Bertz CT molecular complexity index is 852. The minimum absolute atomic E-state index is 0.0854. The Morgan fingerprint density at radius 1 is 1.31 bits per heavy atom. The molecule has 0 unspecified atom stereocenters. The average Bonchev–Trinajstić information content (AvgIpc) is 2.95. The van der Waals surface area contributed by atoms with Gasteiger partial charge in [0.1, 0.15) is 11.1 Å².